The summed E-state index contributed by atoms with van der Waals surface area (Å²) in [5.74, 6) is 7.70. The molecule has 0 spiro atoms. The van der Waals surface area contributed by atoms with Gasteiger partial charge in [-0.2, -0.15) is 0 Å². The van der Waals surface area contributed by atoms with Crippen LogP contribution >= 0.6 is 0 Å². The fourth-order valence-corrected chi connectivity index (χ4v) is 3.56. The Labute approximate surface area is 129 Å². The predicted octanol–water partition coefficient (Wildman–Crippen LogP) is 4.18. The number of hydrogen-bond acceptors (Lipinski definition) is 3. The molecule has 1 fully saturated rings. The van der Waals surface area contributed by atoms with E-state index in [9.17, 15) is 0 Å². The zero-order chi connectivity index (χ0) is 15.2. The molecule has 21 heavy (non-hydrogen) atoms. The lowest BCUT2D eigenvalue weighted by atomic mass is 9.84. The molecule has 1 aliphatic rings. The highest BCUT2D eigenvalue weighted by molar-refractivity contribution is 5.46. The van der Waals surface area contributed by atoms with Crippen molar-refractivity contribution < 1.29 is 4.74 Å². The molecule has 3 nitrogen and oxygen atoms in total. The van der Waals surface area contributed by atoms with Crippen molar-refractivity contribution in [2.24, 2.45) is 11.8 Å². The van der Waals surface area contributed by atoms with Gasteiger partial charge in [0.25, 0.3) is 0 Å². The van der Waals surface area contributed by atoms with Crippen LogP contribution in [0.3, 0.4) is 0 Å². The predicted molar refractivity (Wildman–Crippen MR) is 88.3 cm³/mol. The van der Waals surface area contributed by atoms with Crippen LogP contribution in [0.2, 0.25) is 0 Å². The number of methoxy groups -OCH3 is 1. The Morgan fingerprint density at radius 2 is 1.95 bits per heavy atom. The van der Waals surface area contributed by atoms with Crippen LogP contribution in [-0.4, -0.2) is 7.11 Å². The van der Waals surface area contributed by atoms with Gasteiger partial charge in [0.2, 0.25) is 0 Å². The summed E-state index contributed by atoms with van der Waals surface area (Å²) in [5.41, 5.74) is 6.67. The first-order chi connectivity index (χ1) is 10.2. The van der Waals surface area contributed by atoms with Crippen molar-refractivity contribution >= 4 is 0 Å². The summed E-state index contributed by atoms with van der Waals surface area (Å²) in [6.07, 6.45) is 9.34. The van der Waals surface area contributed by atoms with Crippen LogP contribution in [0, 0.1) is 19.8 Å². The zero-order valence-corrected chi connectivity index (χ0v) is 13.7. The largest absolute Gasteiger partial charge is 0.496 e. The smallest absolute Gasteiger partial charge is 0.126 e. The van der Waals surface area contributed by atoms with Crippen LogP contribution < -0.4 is 16.0 Å². The summed E-state index contributed by atoms with van der Waals surface area (Å²) in [6.45, 7) is 4.24. The van der Waals surface area contributed by atoms with Crippen molar-refractivity contribution in [2.45, 2.75) is 64.8 Å². The first kappa shape index (κ1) is 16.3. The molecule has 1 atom stereocenters. The number of ether oxygens (including phenoxy) is 1. The van der Waals surface area contributed by atoms with Crippen LogP contribution in [0.25, 0.3) is 0 Å². The molecule has 0 heterocycles. The van der Waals surface area contributed by atoms with Crippen molar-refractivity contribution in [3.63, 3.8) is 0 Å². The third-order valence-electron chi connectivity index (χ3n) is 5.08. The molecule has 0 aliphatic heterocycles. The maximum Gasteiger partial charge on any atom is 0.126 e. The van der Waals surface area contributed by atoms with Crippen molar-refractivity contribution in [1.29, 1.82) is 0 Å². The average Bonchev–Trinajstić information content (AvgIpc) is 2.52. The molecule has 118 valence electrons. The number of rotatable bonds is 6. The van der Waals surface area contributed by atoms with Crippen molar-refractivity contribution in [2.75, 3.05) is 7.11 Å². The fourth-order valence-electron chi connectivity index (χ4n) is 3.56. The van der Waals surface area contributed by atoms with Gasteiger partial charge in [-0.1, -0.05) is 44.2 Å². The molecule has 1 aliphatic carbocycles. The molecule has 1 unspecified atom stereocenters. The maximum absolute atomic E-state index is 5.83. The summed E-state index contributed by atoms with van der Waals surface area (Å²) < 4.78 is 5.64. The molecule has 2 rings (SSSR count). The van der Waals surface area contributed by atoms with E-state index in [1.54, 1.807) is 7.11 Å². The summed E-state index contributed by atoms with van der Waals surface area (Å²) in [6, 6.07) is 4.51. The third-order valence-corrected chi connectivity index (χ3v) is 5.08. The first-order valence-electron chi connectivity index (χ1n) is 8.27. The molecular formula is C18H30N2O. The molecule has 3 N–H and O–H groups in total. The lowest BCUT2D eigenvalue weighted by Crippen LogP contribution is -2.29. The zero-order valence-electron chi connectivity index (χ0n) is 13.7. The van der Waals surface area contributed by atoms with Gasteiger partial charge < -0.3 is 4.74 Å². The number of hydrogen-bond donors (Lipinski definition) is 2. The summed E-state index contributed by atoms with van der Waals surface area (Å²) in [5, 5.41) is 0. The Balaban J connectivity index is 2.08. The summed E-state index contributed by atoms with van der Waals surface area (Å²) >= 11 is 0. The number of aryl methyl sites for hydroxylation is 1. The Morgan fingerprint density at radius 1 is 1.24 bits per heavy atom. The van der Waals surface area contributed by atoms with Gasteiger partial charge in [0.05, 0.1) is 7.11 Å². The number of nitrogens with one attached hydrogen (secondary N) is 1. The summed E-state index contributed by atoms with van der Waals surface area (Å²) in [4.78, 5) is 0. The number of nitrogens with two attached hydrogens (primary N) is 1. The van der Waals surface area contributed by atoms with Gasteiger partial charge in [-0.05, 0) is 43.7 Å². The second-order valence-electron chi connectivity index (χ2n) is 6.43. The van der Waals surface area contributed by atoms with Crippen molar-refractivity contribution in [1.82, 2.24) is 5.43 Å². The van der Waals surface area contributed by atoms with Crippen LogP contribution in [0.1, 0.15) is 67.7 Å². The van der Waals surface area contributed by atoms with E-state index < -0.39 is 0 Å². The Kier molecular flexibility index (Phi) is 6.07. The molecule has 3 heteroatoms. The van der Waals surface area contributed by atoms with Gasteiger partial charge in [0.1, 0.15) is 5.75 Å². The van der Waals surface area contributed by atoms with Gasteiger partial charge in [-0.3, -0.25) is 11.3 Å². The van der Waals surface area contributed by atoms with E-state index in [1.165, 1.54) is 55.2 Å². The molecule has 0 radical (unpaired) electrons. The van der Waals surface area contributed by atoms with E-state index in [2.05, 4.69) is 31.4 Å². The van der Waals surface area contributed by atoms with E-state index in [-0.39, 0.29) is 6.04 Å². The highest BCUT2D eigenvalue weighted by Crippen LogP contribution is 2.35. The summed E-state index contributed by atoms with van der Waals surface area (Å²) in [7, 11) is 1.75. The van der Waals surface area contributed by atoms with Gasteiger partial charge >= 0.3 is 0 Å². The van der Waals surface area contributed by atoms with Gasteiger partial charge in [-0.15, -0.1) is 0 Å². The highest BCUT2D eigenvalue weighted by Gasteiger charge is 2.20. The van der Waals surface area contributed by atoms with E-state index in [0.29, 0.717) is 0 Å². The van der Waals surface area contributed by atoms with E-state index >= 15 is 0 Å². The van der Waals surface area contributed by atoms with Gasteiger partial charge in [0, 0.05) is 11.6 Å². The lowest BCUT2D eigenvalue weighted by molar-refractivity contribution is 0.311. The van der Waals surface area contributed by atoms with E-state index in [4.69, 9.17) is 10.6 Å². The highest BCUT2D eigenvalue weighted by atomic mass is 16.5. The lowest BCUT2D eigenvalue weighted by Gasteiger charge is -2.25. The number of benzene rings is 1. The minimum atomic E-state index is 0.182. The molecule has 1 aromatic carbocycles. The standard InChI is InChI=1S/C18H30N2O/c1-13-9-11-16(18(21-3)14(13)2)17(20-19)12-10-15-7-5-4-6-8-15/h9,11,15,17,20H,4-8,10,12,19H2,1-3H3. The topological polar surface area (TPSA) is 47.3 Å². The normalized spacial score (nSPS) is 17.7. The van der Waals surface area contributed by atoms with Gasteiger partial charge in [0.15, 0.2) is 0 Å². The quantitative estimate of drug-likeness (QED) is 0.610. The Bertz CT molecular complexity index is 453. The molecule has 0 amide bonds. The minimum Gasteiger partial charge on any atom is -0.496 e. The molecule has 1 saturated carbocycles. The molecule has 0 bridgehead atoms. The SMILES string of the molecule is COc1c(C(CCC2CCCCC2)NN)ccc(C)c1C. The van der Waals surface area contributed by atoms with Crippen molar-refractivity contribution in [3.8, 4) is 5.75 Å². The van der Waals surface area contributed by atoms with Crippen LogP contribution in [0.15, 0.2) is 12.1 Å². The van der Waals surface area contributed by atoms with Crippen LogP contribution in [-0.2, 0) is 0 Å². The van der Waals surface area contributed by atoms with Crippen LogP contribution in [0.4, 0.5) is 0 Å². The second-order valence-corrected chi connectivity index (χ2v) is 6.43. The maximum atomic E-state index is 5.83. The fraction of sp³-hybridized carbons (Fsp3) is 0.667. The molecule has 1 aromatic rings. The average molecular weight is 290 g/mol. The molecule has 0 saturated heterocycles. The monoisotopic (exact) mass is 290 g/mol. The van der Waals surface area contributed by atoms with E-state index in [0.717, 1.165) is 18.1 Å². The Hall–Kier alpha value is -1.06. The first-order valence-corrected chi connectivity index (χ1v) is 8.27. The third kappa shape index (κ3) is 3.98. The van der Waals surface area contributed by atoms with E-state index in [1.807, 2.05) is 0 Å². The molecular weight excluding hydrogens is 260 g/mol. The van der Waals surface area contributed by atoms with Crippen molar-refractivity contribution in [3.05, 3.63) is 28.8 Å². The van der Waals surface area contributed by atoms with Crippen LogP contribution in [0.5, 0.6) is 5.75 Å². The minimum absolute atomic E-state index is 0.182. The van der Waals surface area contributed by atoms with Gasteiger partial charge in [-0.25, -0.2) is 0 Å². The molecule has 0 aromatic heterocycles. The second kappa shape index (κ2) is 7.81. The Morgan fingerprint density at radius 3 is 2.57 bits per heavy atom. The number of hydrazine groups is 1.